The Morgan fingerprint density at radius 2 is 2.00 bits per heavy atom. The Hall–Kier alpha value is -1.61. The first-order valence-electron chi connectivity index (χ1n) is 5.95. The first kappa shape index (κ1) is 15.8. The van der Waals surface area contributed by atoms with Crippen molar-refractivity contribution in [2.75, 3.05) is 12.4 Å². The molecule has 114 valence electrons. The molecule has 2 aromatic rings. The van der Waals surface area contributed by atoms with Crippen LogP contribution in [0.1, 0.15) is 24.4 Å². The predicted octanol–water partition coefficient (Wildman–Crippen LogP) is 3.87. The number of nitrogens with zero attached hydrogens (tertiary/aromatic N) is 2. The standard InChI is InChI=1S/C12H12BrF3N4O/c1-6(17-2)10-19-20-11(21-10)18-9-4-3-7(13)5-8(9)12(14,15)16/h3-6,17H,1-2H3,(H,18,20). The van der Waals surface area contributed by atoms with Crippen molar-refractivity contribution >= 4 is 27.6 Å². The molecule has 0 aliphatic carbocycles. The molecular weight excluding hydrogens is 353 g/mol. The fourth-order valence-corrected chi connectivity index (χ4v) is 1.92. The Morgan fingerprint density at radius 1 is 1.29 bits per heavy atom. The van der Waals surface area contributed by atoms with Crippen LogP contribution in [0.3, 0.4) is 0 Å². The van der Waals surface area contributed by atoms with Crippen molar-refractivity contribution in [3.05, 3.63) is 34.1 Å². The summed E-state index contributed by atoms with van der Waals surface area (Å²) in [5.41, 5.74) is -0.976. The monoisotopic (exact) mass is 364 g/mol. The number of aromatic nitrogens is 2. The SMILES string of the molecule is CNC(C)c1nnc(Nc2ccc(Br)cc2C(F)(F)F)o1. The highest BCUT2D eigenvalue weighted by molar-refractivity contribution is 9.10. The summed E-state index contributed by atoms with van der Waals surface area (Å²) in [5.74, 6) is 0.283. The molecule has 1 atom stereocenters. The van der Waals surface area contributed by atoms with Crippen LogP contribution in [-0.4, -0.2) is 17.2 Å². The highest BCUT2D eigenvalue weighted by Crippen LogP contribution is 2.37. The molecule has 1 aromatic carbocycles. The second kappa shape index (κ2) is 6.02. The lowest BCUT2D eigenvalue weighted by molar-refractivity contribution is -0.137. The maximum Gasteiger partial charge on any atom is 0.418 e. The quantitative estimate of drug-likeness (QED) is 0.861. The highest BCUT2D eigenvalue weighted by Gasteiger charge is 2.34. The van der Waals surface area contributed by atoms with Crippen molar-refractivity contribution in [1.82, 2.24) is 15.5 Å². The third-order valence-corrected chi connectivity index (χ3v) is 3.27. The Balaban J connectivity index is 2.29. The van der Waals surface area contributed by atoms with E-state index in [4.69, 9.17) is 4.42 Å². The number of alkyl halides is 3. The Labute approximate surface area is 127 Å². The van der Waals surface area contributed by atoms with E-state index in [-0.39, 0.29) is 23.6 Å². The van der Waals surface area contributed by atoms with Crippen LogP contribution in [-0.2, 0) is 6.18 Å². The van der Waals surface area contributed by atoms with E-state index < -0.39 is 11.7 Å². The van der Waals surface area contributed by atoms with Crippen molar-refractivity contribution < 1.29 is 17.6 Å². The lowest BCUT2D eigenvalue weighted by Crippen LogP contribution is -2.12. The molecule has 21 heavy (non-hydrogen) atoms. The van der Waals surface area contributed by atoms with Crippen LogP contribution < -0.4 is 10.6 Å². The van der Waals surface area contributed by atoms with Gasteiger partial charge in [0.15, 0.2) is 0 Å². The van der Waals surface area contributed by atoms with Crippen molar-refractivity contribution in [1.29, 1.82) is 0 Å². The van der Waals surface area contributed by atoms with Gasteiger partial charge in [0.25, 0.3) is 0 Å². The number of nitrogens with one attached hydrogen (secondary N) is 2. The van der Waals surface area contributed by atoms with Gasteiger partial charge < -0.3 is 15.1 Å². The summed E-state index contributed by atoms with van der Waals surface area (Å²) < 4.78 is 44.5. The number of hydrogen-bond donors (Lipinski definition) is 2. The van der Waals surface area contributed by atoms with Gasteiger partial charge in [-0.05, 0) is 32.2 Å². The summed E-state index contributed by atoms with van der Waals surface area (Å²) in [6.07, 6.45) is -4.49. The van der Waals surface area contributed by atoms with E-state index >= 15 is 0 Å². The molecule has 5 nitrogen and oxygen atoms in total. The van der Waals surface area contributed by atoms with E-state index in [0.29, 0.717) is 4.47 Å². The van der Waals surface area contributed by atoms with Gasteiger partial charge in [0, 0.05) is 4.47 Å². The highest BCUT2D eigenvalue weighted by atomic mass is 79.9. The van der Waals surface area contributed by atoms with Crippen LogP contribution in [0.15, 0.2) is 27.1 Å². The van der Waals surface area contributed by atoms with Gasteiger partial charge in [0.2, 0.25) is 5.89 Å². The molecular formula is C12H12BrF3N4O. The zero-order chi connectivity index (χ0) is 15.6. The van der Waals surface area contributed by atoms with Gasteiger partial charge in [-0.3, -0.25) is 0 Å². The Morgan fingerprint density at radius 3 is 2.62 bits per heavy atom. The van der Waals surface area contributed by atoms with E-state index in [0.717, 1.165) is 6.07 Å². The number of rotatable bonds is 4. The molecule has 0 bridgehead atoms. The first-order chi connectivity index (χ1) is 9.81. The second-order valence-corrected chi connectivity index (χ2v) is 5.18. The van der Waals surface area contributed by atoms with Crippen LogP contribution in [0.2, 0.25) is 0 Å². The van der Waals surface area contributed by atoms with Gasteiger partial charge in [-0.25, -0.2) is 0 Å². The molecule has 0 fully saturated rings. The average Bonchev–Trinajstić information content (AvgIpc) is 2.87. The van der Waals surface area contributed by atoms with Crippen molar-refractivity contribution in [2.24, 2.45) is 0 Å². The molecule has 0 saturated carbocycles. The predicted molar refractivity (Wildman–Crippen MR) is 74.2 cm³/mol. The fraction of sp³-hybridized carbons (Fsp3) is 0.333. The van der Waals surface area contributed by atoms with Gasteiger partial charge in [0.05, 0.1) is 17.3 Å². The summed E-state index contributed by atoms with van der Waals surface area (Å²) >= 11 is 3.02. The lowest BCUT2D eigenvalue weighted by Gasteiger charge is -2.13. The molecule has 1 heterocycles. The van der Waals surface area contributed by atoms with Crippen molar-refractivity contribution in [3.8, 4) is 0 Å². The third-order valence-electron chi connectivity index (χ3n) is 2.77. The molecule has 0 radical (unpaired) electrons. The van der Waals surface area contributed by atoms with Crippen molar-refractivity contribution in [3.63, 3.8) is 0 Å². The van der Waals surface area contributed by atoms with E-state index in [9.17, 15) is 13.2 Å². The normalized spacial score (nSPS) is 13.2. The summed E-state index contributed by atoms with van der Waals surface area (Å²) in [7, 11) is 1.71. The van der Waals surface area contributed by atoms with Gasteiger partial charge in [-0.15, -0.1) is 5.10 Å². The van der Waals surface area contributed by atoms with Crippen molar-refractivity contribution in [2.45, 2.75) is 19.1 Å². The van der Waals surface area contributed by atoms with Crippen LogP contribution in [0.25, 0.3) is 0 Å². The third kappa shape index (κ3) is 3.73. The maximum atomic E-state index is 13.0. The fourth-order valence-electron chi connectivity index (χ4n) is 1.56. The minimum atomic E-state index is -4.49. The summed E-state index contributed by atoms with van der Waals surface area (Å²) in [6.45, 7) is 1.79. The number of hydrogen-bond acceptors (Lipinski definition) is 5. The van der Waals surface area contributed by atoms with Gasteiger partial charge in [-0.1, -0.05) is 21.0 Å². The average molecular weight is 365 g/mol. The zero-order valence-corrected chi connectivity index (χ0v) is 12.7. The smallest absolute Gasteiger partial charge is 0.406 e. The van der Waals surface area contributed by atoms with Crippen LogP contribution in [0, 0.1) is 0 Å². The molecule has 0 aliphatic heterocycles. The molecule has 9 heteroatoms. The summed E-state index contributed by atoms with van der Waals surface area (Å²) in [6, 6.07) is 3.47. The molecule has 0 aliphatic rings. The van der Waals surface area contributed by atoms with Crippen LogP contribution in [0.4, 0.5) is 24.9 Å². The minimum absolute atomic E-state index is 0.0973. The van der Waals surface area contributed by atoms with Gasteiger partial charge >= 0.3 is 12.2 Å². The second-order valence-electron chi connectivity index (χ2n) is 4.27. The Bertz CT molecular complexity index is 629. The minimum Gasteiger partial charge on any atom is -0.406 e. The first-order valence-corrected chi connectivity index (χ1v) is 6.75. The van der Waals surface area contributed by atoms with E-state index in [1.54, 1.807) is 14.0 Å². The van der Waals surface area contributed by atoms with E-state index in [1.807, 2.05) is 0 Å². The van der Waals surface area contributed by atoms with Crippen LogP contribution >= 0.6 is 15.9 Å². The van der Waals surface area contributed by atoms with Gasteiger partial charge in [0.1, 0.15) is 0 Å². The largest absolute Gasteiger partial charge is 0.418 e. The Kier molecular flexibility index (Phi) is 4.52. The molecule has 1 aromatic heterocycles. The molecule has 1 unspecified atom stereocenters. The molecule has 0 saturated heterocycles. The number of halogens is 4. The molecule has 2 N–H and O–H groups in total. The zero-order valence-electron chi connectivity index (χ0n) is 11.1. The summed E-state index contributed by atoms with van der Waals surface area (Å²) in [5, 5.41) is 12.8. The van der Waals surface area contributed by atoms with E-state index in [1.165, 1.54) is 12.1 Å². The van der Waals surface area contributed by atoms with E-state index in [2.05, 4.69) is 36.8 Å². The maximum absolute atomic E-state index is 13.0. The molecule has 0 amide bonds. The van der Waals surface area contributed by atoms with Crippen LogP contribution in [0.5, 0.6) is 0 Å². The number of anilines is 2. The topological polar surface area (TPSA) is 63.0 Å². The lowest BCUT2D eigenvalue weighted by atomic mass is 10.1. The number of benzene rings is 1. The van der Waals surface area contributed by atoms with Gasteiger partial charge in [-0.2, -0.15) is 13.2 Å². The molecule has 0 spiro atoms. The summed E-state index contributed by atoms with van der Waals surface area (Å²) in [4.78, 5) is 0. The molecule has 2 rings (SSSR count).